The molecule has 22 heteroatoms. The fourth-order valence-corrected chi connectivity index (χ4v) is 9.78. The molecular formula is C64H76N10O12. The number of benzene rings is 5. The monoisotopic (exact) mass is 1180 g/mol. The van der Waals surface area contributed by atoms with Crippen LogP contribution in [-0.2, 0) is 50.0 Å². The number of imidazole rings is 5. The number of aliphatic carboxylic acids is 1. The summed E-state index contributed by atoms with van der Waals surface area (Å²) in [5.74, 6) is -1.22. The zero-order valence-corrected chi connectivity index (χ0v) is 49.6. The van der Waals surface area contributed by atoms with Gasteiger partial charge in [-0.3, -0.25) is 46.6 Å². The molecule has 22 nitrogen and oxygen atoms in total. The van der Waals surface area contributed by atoms with E-state index in [1.54, 1.807) is 46.5 Å². The topological polar surface area (TPSA) is 285 Å². The van der Waals surface area contributed by atoms with E-state index in [1.165, 1.54) is 33.5 Å². The molecule has 0 fully saturated rings. The SMILES string of the molecule is C=C(C)n1c(=O)[nH]c2ccccc21.C=C(C)n1c(=O)n(CCCC(=O)OC)c2ccccc21.CCCCC.COC(=O)CCCn1c(=O)[nH]c2ccccc21.O=C(O)CCCn1c(=O)[nH]c2ccccc21.O=C1CCCn2c(=O)[nH]c3cccc1c32. The highest BCUT2D eigenvalue weighted by Crippen LogP contribution is 2.22. The number of carboxylic acids is 1. The van der Waals surface area contributed by atoms with E-state index in [1.807, 2.05) is 110 Å². The summed E-state index contributed by atoms with van der Waals surface area (Å²) in [5, 5.41) is 8.53. The van der Waals surface area contributed by atoms with Gasteiger partial charge in [-0.05, 0) is 100 Å². The molecule has 0 radical (unpaired) electrons. The van der Waals surface area contributed by atoms with Crippen LogP contribution in [0.25, 0.3) is 66.6 Å². The zero-order valence-electron chi connectivity index (χ0n) is 49.6. The van der Waals surface area contributed by atoms with Crippen LogP contribution in [-0.4, -0.2) is 90.4 Å². The number of para-hydroxylation sites is 9. The number of methoxy groups -OCH3 is 2. The van der Waals surface area contributed by atoms with E-state index in [-0.39, 0.29) is 52.6 Å². The van der Waals surface area contributed by atoms with Crippen LogP contribution in [0.5, 0.6) is 0 Å². The Hall–Kier alpha value is -9.99. The summed E-state index contributed by atoms with van der Waals surface area (Å²) < 4.78 is 18.9. The quantitative estimate of drug-likeness (QED) is 0.0565. The molecule has 1 aliphatic heterocycles. The smallest absolute Gasteiger partial charge is 0.333 e. The Morgan fingerprint density at radius 3 is 1.42 bits per heavy atom. The Morgan fingerprint density at radius 2 is 0.930 bits per heavy atom. The standard InChI is InChI=1S/C15H18N2O3.C12H14N2O3.C11H12N2O3.C11H10N2O2.C10H10N2O.C5H12/c1-11(2)17-13-8-5-4-7-12(13)16(15(17)19)10-6-9-14(18)20-3;1-17-11(15)7-4-8-14-10-6-3-2-5-9(10)13-12(14)16;14-10(15)6-3-7-13-9-5-2-1-4-8(9)12-11(13)16;14-9-5-2-6-13-10-7(9)3-1-4-8(10)12-11(13)15;1-7(2)12-9-6-4-3-5-8(9)11-10(12)13;1-3-5-4-2/h4-5,7-8H,1,6,9-10H2,2-3H3;2-3,5-6H,4,7-8H2,1H3,(H,13,16);1-2,4-5H,3,6-7H2,(H,12,16)(H,14,15);1,3-4H,2,5-6H2,(H,12,15);3-6H,1H2,2H3,(H,11,13);3-5H2,1-2H3. The number of nitrogens with one attached hydrogen (secondary N) is 4. The van der Waals surface area contributed by atoms with Gasteiger partial charge in [-0.1, -0.05) is 101 Å². The van der Waals surface area contributed by atoms with Crippen molar-refractivity contribution in [3.8, 4) is 0 Å². The van der Waals surface area contributed by atoms with Gasteiger partial charge in [0.25, 0.3) is 0 Å². The number of Topliss-reactive ketones (excluding diaryl/α,β-unsaturated/α-hetero) is 1. The number of ketones is 1. The van der Waals surface area contributed by atoms with Gasteiger partial charge in [0.2, 0.25) is 0 Å². The fourth-order valence-electron chi connectivity index (χ4n) is 9.78. The van der Waals surface area contributed by atoms with Gasteiger partial charge < -0.3 is 34.5 Å². The van der Waals surface area contributed by atoms with Gasteiger partial charge in [0.1, 0.15) is 0 Å². The van der Waals surface area contributed by atoms with Gasteiger partial charge in [0.05, 0.1) is 69.4 Å². The highest BCUT2D eigenvalue weighted by molar-refractivity contribution is 6.06. The molecule has 11 rings (SSSR count). The molecule has 0 aliphatic carbocycles. The number of aryl methyl sites for hydroxylation is 4. The number of ether oxygens (including phenoxy) is 2. The van der Waals surface area contributed by atoms with E-state index in [9.17, 15) is 43.2 Å². The van der Waals surface area contributed by atoms with Crippen LogP contribution in [0.1, 0.15) is 109 Å². The Labute approximate surface area is 494 Å². The number of aromatic amines is 4. The number of carboxylic acid groups (broad SMARTS) is 1. The molecule has 0 saturated heterocycles. The molecular weight excluding hydrogens is 1100 g/mol. The molecule has 86 heavy (non-hydrogen) atoms. The first-order valence-corrected chi connectivity index (χ1v) is 28.5. The normalized spacial score (nSPS) is 11.4. The Bertz CT molecular complexity index is 4300. The van der Waals surface area contributed by atoms with E-state index >= 15 is 0 Å². The lowest BCUT2D eigenvalue weighted by Gasteiger charge is -2.02. The third-order valence-corrected chi connectivity index (χ3v) is 13.9. The lowest BCUT2D eigenvalue weighted by molar-refractivity contribution is -0.141. The summed E-state index contributed by atoms with van der Waals surface area (Å²) in [5.41, 5.74) is 9.58. The lowest BCUT2D eigenvalue weighted by atomic mass is 10.1. The van der Waals surface area contributed by atoms with Crippen LogP contribution < -0.4 is 28.4 Å². The Balaban J connectivity index is 0.000000169. The summed E-state index contributed by atoms with van der Waals surface area (Å²) in [6, 6.07) is 35.4. The Kier molecular flexibility index (Phi) is 24.0. The molecule has 0 spiro atoms. The molecule has 0 unspecified atom stereocenters. The van der Waals surface area contributed by atoms with Crippen LogP contribution in [0.4, 0.5) is 0 Å². The predicted molar refractivity (Wildman–Crippen MR) is 337 cm³/mol. The van der Waals surface area contributed by atoms with E-state index in [4.69, 9.17) is 5.11 Å². The number of esters is 2. The van der Waals surface area contributed by atoms with Crippen molar-refractivity contribution in [3.05, 3.63) is 186 Å². The number of carbonyl (C=O) groups is 4. The average Bonchev–Trinajstić information content (AvgIpc) is 2.60. The number of carbonyl (C=O) groups excluding carboxylic acids is 3. The first kappa shape index (κ1) is 65.2. The molecule has 0 amide bonds. The van der Waals surface area contributed by atoms with E-state index < -0.39 is 5.97 Å². The number of unbranched alkanes of at least 4 members (excludes halogenated alkanes) is 2. The summed E-state index contributed by atoms with van der Waals surface area (Å²) >= 11 is 0. The summed E-state index contributed by atoms with van der Waals surface area (Å²) in [6.45, 7) is 17.7. The van der Waals surface area contributed by atoms with Crippen LogP contribution in [0.3, 0.4) is 0 Å². The summed E-state index contributed by atoms with van der Waals surface area (Å²) in [6.07, 6.45) is 7.65. The van der Waals surface area contributed by atoms with Crippen molar-refractivity contribution in [1.82, 2.24) is 47.3 Å². The first-order chi connectivity index (χ1) is 41.3. The van der Waals surface area contributed by atoms with Gasteiger partial charge in [0.15, 0.2) is 5.78 Å². The second kappa shape index (κ2) is 31.6. The minimum Gasteiger partial charge on any atom is -0.481 e. The predicted octanol–water partition coefficient (Wildman–Crippen LogP) is 10.0. The average molecular weight is 1180 g/mol. The fraction of sp³-hybridized carbons (Fsp3) is 0.328. The van der Waals surface area contributed by atoms with Gasteiger partial charge in [-0.15, -0.1) is 0 Å². The molecule has 5 N–H and O–H groups in total. The highest BCUT2D eigenvalue weighted by atomic mass is 16.5. The first-order valence-electron chi connectivity index (χ1n) is 28.5. The van der Waals surface area contributed by atoms with Gasteiger partial charge in [-0.2, -0.15) is 0 Å². The van der Waals surface area contributed by atoms with Crippen molar-refractivity contribution >= 4 is 90.3 Å². The molecule has 5 aromatic carbocycles. The van der Waals surface area contributed by atoms with Gasteiger partial charge >= 0.3 is 46.4 Å². The second-order valence-corrected chi connectivity index (χ2v) is 20.2. The number of hydrogen-bond donors (Lipinski definition) is 5. The van der Waals surface area contributed by atoms with Crippen molar-refractivity contribution in [2.45, 2.75) is 125 Å². The number of H-pyrrole nitrogens is 4. The molecule has 454 valence electrons. The molecule has 6 heterocycles. The summed E-state index contributed by atoms with van der Waals surface area (Å²) in [4.78, 5) is 114. The van der Waals surface area contributed by atoms with Crippen LogP contribution in [0.2, 0.25) is 0 Å². The van der Waals surface area contributed by atoms with Gasteiger partial charge in [0, 0.05) is 68.8 Å². The number of aromatic nitrogens is 10. The van der Waals surface area contributed by atoms with E-state index in [0.717, 1.165) is 67.3 Å². The maximum absolute atomic E-state index is 12.4. The maximum Gasteiger partial charge on any atom is 0.333 e. The minimum atomic E-state index is -0.840. The van der Waals surface area contributed by atoms with E-state index in [0.29, 0.717) is 76.0 Å². The molecule has 1 aliphatic rings. The molecule has 0 saturated carbocycles. The molecule has 10 aromatic rings. The number of fused-ring (bicyclic) bond motifs is 4. The lowest BCUT2D eigenvalue weighted by Crippen LogP contribution is -2.23. The third-order valence-electron chi connectivity index (χ3n) is 13.9. The van der Waals surface area contributed by atoms with Crippen LogP contribution in [0.15, 0.2) is 152 Å². The number of rotatable bonds is 16. The molecule has 0 bridgehead atoms. The van der Waals surface area contributed by atoms with Crippen molar-refractivity contribution in [2.24, 2.45) is 0 Å². The summed E-state index contributed by atoms with van der Waals surface area (Å²) in [7, 11) is 2.72. The van der Waals surface area contributed by atoms with E-state index in [2.05, 4.69) is 56.4 Å². The largest absolute Gasteiger partial charge is 0.481 e. The molecule has 5 aromatic heterocycles. The highest BCUT2D eigenvalue weighted by Gasteiger charge is 2.20. The zero-order chi connectivity index (χ0) is 62.5. The number of allylic oxidation sites excluding steroid dienone is 2. The van der Waals surface area contributed by atoms with Crippen molar-refractivity contribution in [3.63, 3.8) is 0 Å². The van der Waals surface area contributed by atoms with Crippen molar-refractivity contribution < 1.29 is 33.8 Å². The third kappa shape index (κ3) is 16.6. The second-order valence-electron chi connectivity index (χ2n) is 20.2. The molecule has 0 atom stereocenters. The van der Waals surface area contributed by atoms with Crippen LogP contribution >= 0.6 is 0 Å². The maximum atomic E-state index is 12.4. The van der Waals surface area contributed by atoms with Crippen molar-refractivity contribution in [1.29, 1.82) is 0 Å². The number of nitrogens with zero attached hydrogens (tertiary/aromatic N) is 6. The number of hydrogen-bond acceptors (Lipinski definition) is 11. The minimum absolute atomic E-state index is 0.0753. The van der Waals surface area contributed by atoms with Gasteiger partial charge in [-0.25, -0.2) is 24.0 Å². The van der Waals surface area contributed by atoms with Crippen molar-refractivity contribution in [2.75, 3.05) is 14.2 Å². The van der Waals surface area contributed by atoms with Crippen LogP contribution in [0, 0.1) is 0 Å². The Morgan fingerprint density at radius 1 is 0.500 bits per heavy atom.